The Balaban J connectivity index is 1.77. The van der Waals surface area contributed by atoms with E-state index in [2.05, 4.69) is 21.2 Å². The van der Waals surface area contributed by atoms with Crippen molar-refractivity contribution in [1.29, 1.82) is 0 Å². The van der Waals surface area contributed by atoms with E-state index in [4.69, 9.17) is 32.7 Å². The van der Waals surface area contributed by atoms with Gasteiger partial charge in [-0.1, -0.05) is 69.5 Å². The van der Waals surface area contributed by atoms with Crippen LogP contribution in [0.3, 0.4) is 0 Å². The second-order valence-electron chi connectivity index (χ2n) is 6.21. The highest BCUT2D eigenvalue weighted by molar-refractivity contribution is 9.10. The molecule has 0 atom stereocenters. The number of rotatable bonds is 7. The molecular formula is C23H18BrCl2NO3. The van der Waals surface area contributed by atoms with Crippen LogP contribution in [0.15, 0.2) is 71.2 Å². The minimum Gasteiger partial charge on any atom is -0.493 e. The molecule has 3 rings (SSSR count). The molecule has 0 aliphatic heterocycles. The first-order chi connectivity index (χ1) is 14.5. The molecule has 0 unspecified atom stereocenters. The molecular weight excluding hydrogens is 489 g/mol. The molecule has 3 aromatic rings. The highest BCUT2D eigenvalue weighted by atomic mass is 79.9. The zero-order valence-corrected chi connectivity index (χ0v) is 19.1. The van der Waals surface area contributed by atoms with Crippen molar-refractivity contribution in [3.63, 3.8) is 0 Å². The molecule has 0 aliphatic carbocycles. The van der Waals surface area contributed by atoms with Gasteiger partial charge in [-0.25, -0.2) is 0 Å². The van der Waals surface area contributed by atoms with Crippen LogP contribution in [-0.2, 0) is 11.4 Å². The first-order valence-corrected chi connectivity index (χ1v) is 10.5. The van der Waals surface area contributed by atoms with Crippen LogP contribution in [0.2, 0.25) is 10.0 Å². The fraction of sp³-hybridized carbons (Fsp3) is 0.0870. The zero-order valence-electron chi connectivity index (χ0n) is 16.0. The first kappa shape index (κ1) is 22.2. The maximum atomic E-state index is 12.4. The largest absolute Gasteiger partial charge is 0.493 e. The van der Waals surface area contributed by atoms with Crippen molar-refractivity contribution in [3.05, 3.63) is 92.4 Å². The SMILES string of the molecule is COc1cccc(/C=C/C(=O)Nc2c(Cl)cccc2Cl)c1OCc1ccc(Br)cc1. The summed E-state index contributed by atoms with van der Waals surface area (Å²) in [5.41, 5.74) is 2.07. The Kier molecular flexibility index (Phi) is 7.80. The van der Waals surface area contributed by atoms with Crippen LogP contribution >= 0.6 is 39.1 Å². The lowest BCUT2D eigenvalue weighted by atomic mass is 10.1. The van der Waals surface area contributed by atoms with Gasteiger partial charge < -0.3 is 14.8 Å². The second kappa shape index (κ2) is 10.5. The van der Waals surface area contributed by atoms with E-state index in [0.717, 1.165) is 10.0 Å². The topological polar surface area (TPSA) is 47.6 Å². The van der Waals surface area contributed by atoms with Gasteiger partial charge in [0.2, 0.25) is 5.91 Å². The Bertz CT molecular complexity index is 1050. The van der Waals surface area contributed by atoms with Gasteiger partial charge in [-0.15, -0.1) is 0 Å². The number of hydrogen-bond acceptors (Lipinski definition) is 3. The fourth-order valence-electron chi connectivity index (χ4n) is 2.66. The van der Waals surface area contributed by atoms with Crippen LogP contribution in [0.25, 0.3) is 6.08 Å². The maximum Gasteiger partial charge on any atom is 0.248 e. The van der Waals surface area contributed by atoms with Gasteiger partial charge in [0.1, 0.15) is 6.61 Å². The molecule has 4 nitrogen and oxygen atoms in total. The van der Waals surface area contributed by atoms with E-state index in [1.807, 2.05) is 36.4 Å². The van der Waals surface area contributed by atoms with E-state index >= 15 is 0 Å². The maximum absolute atomic E-state index is 12.4. The number of halogens is 3. The summed E-state index contributed by atoms with van der Waals surface area (Å²) in [7, 11) is 1.57. The Hall–Kier alpha value is -2.47. The van der Waals surface area contributed by atoms with Crippen molar-refractivity contribution in [2.75, 3.05) is 12.4 Å². The Morgan fingerprint density at radius 3 is 2.37 bits per heavy atom. The van der Waals surface area contributed by atoms with Crippen molar-refractivity contribution >= 4 is 56.8 Å². The predicted octanol–water partition coefficient (Wildman–Crippen LogP) is 7.00. The molecule has 7 heteroatoms. The lowest BCUT2D eigenvalue weighted by Crippen LogP contribution is -2.08. The normalized spacial score (nSPS) is 10.8. The average molecular weight is 507 g/mol. The smallest absolute Gasteiger partial charge is 0.248 e. The molecule has 0 bridgehead atoms. The lowest BCUT2D eigenvalue weighted by Gasteiger charge is -2.13. The standard InChI is InChI=1S/C23H18BrCl2NO3/c1-29-20-7-2-4-16(23(20)30-14-15-8-11-17(24)12-9-15)10-13-21(28)27-22-18(25)5-3-6-19(22)26/h2-13H,14H2,1H3,(H,27,28)/b13-10+. The molecule has 154 valence electrons. The number of methoxy groups -OCH3 is 1. The van der Waals surface area contributed by atoms with Crippen molar-refractivity contribution in [3.8, 4) is 11.5 Å². The van der Waals surface area contributed by atoms with E-state index in [1.54, 1.807) is 37.5 Å². The van der Waals surface area contributed by atoms with E-state index < -0.39 is 0 Å². The highest BCUT2D eigenvalue weighted by Gasteiger charge is 2.11. The minimum atomic E-state index is -0.369. The Morgan fingerprint density at radius 1 is 1.03 bits per heavy atom. The van der Waals surface area contributed by atoms with Crippen LogP contribution < -0.4 is 14.8 Å². The fourth-order valence-corrected chi connectivity index (χ4v) is 3.42. The molecule has 30 heavy (non-hydrogen) atoms. The summed E-state index contributed by atoms with van der Waals surface area (Å²) < 4.78 is 12.4. The molecule has 0 aromatic heterocycles. The number of benzene rings is 3. The first-order valence-electron chi connectivity index (χ1n) is 8.95. The molecule has 1 amide bonds. The van der Waals surface area contributed by atoms with Crippen molar-refractivity contribution in [2.45, 2.75) is 6.61 Å². The predicted molar refractivity (Wildman–Crippen MR) is 126 cm³/mol. The van der Waals surface area contributed by atoms with Crippen LogP contribution in [-0.4, -0.2) is 13.0 Å². The summed E-state index contributed by atoms with van der Waals surface area (Å²) in [6, 6.07) is 18.3. The number of hydrogen-bond donors (Lipinski definition) is 1. The third-order valence-electron chi connectivity index (χ3n) is 4.15. The van der Waals surface area contributed by atoms with Gasteiger partial charge >= 0.3 is 0 Å². The molecule has 0 heterocycles. The molecule has 0 spiro atoms. The summed E-state index contributed by atoms with van der Waals surface area (Å²) in [5.74, 6) is 0.748. The summed E-state index contributed by atoms with van der Waals surface area (Å²) in [6.07, 6.45) is 3.04. The third-order valence-corrected chi connectivity index (χ3v) is 5.31. The minimum absolute atomic E-state index is 0.357. The van der Waals surface area contributed by atoms with Gasteiger partial charge in [-0.2, -0.15) is 0 Å². The number of para-hydroxylation sites is 2. The summed E-state index contributed by atoms with van der Waals surface area (Å²) in [4.78, 5) is 12.4. The van der Waals surface area contributed by atoms with Gasteiger partial charge in [0.05, 0.1) is 22.8 Å². The molecule has 0 saturated heterocycles. The van der Waals surface area contributed by atoms with E-state index in [0.29, 0.717) is 39.4 Å². The number of carbonyl (C=O) groups excluding carboxylic acids is 1. The molecule has 3 aromatic carbocycles. The zero-order chi connectivity index (χ0) is 21.5. The number of amides is 1. The van der Waals surface area contributed by atoms with Crippen LogP contribution in [0.5, 0.6) is 11.5 Å². The summed E-state index contributed by atoms with van der Waals surface area (Å²) >= 11 is 15.6. The number of carbonyl (C=O) groups is 1. The Morgan fingerprint density at radius 2 is 1.70 bits per heavy atom. The quantitative estimate of drug-likeness (QED) is 0.351. The molecule has 1 N–H and O–H groups in total. The lowest BCUT2D eigenvalue weighted by molar-refractivity contribution is -0.111. The van der Waals surface area contributed by atoms with E-state index in [1.165, 1.54) is 6.08 Å². The van der Waals surface area contributed by atoms with Crippen LogP contribution in [0.4, 0.5) is 5.69 Å². The van der Waals surface area contributed by atoms with Gasteiger partial charge in [-0.05, 0) is 42.0 Å². The van der Waals surface area contributed by atoms with E-state index in [9.17, 15) is 4.79 Å². The molecule has 0 saturated carbocycles. The van der Waals surface area contributed by atoms with Gasteiger partial charge in [0, 0.05) is 16.1 Å². The van der Waals surface area contributed by atoms with E-state index in [-0.39, 0.29) is 5.91 Å². The number of anilines is 1. The van der Waals surface area contributed by atoms with Gasteiger partial charge in [0.25, 0.3) is 0 Å². The van der Waals surface area contributed by atoms with Crippen molar-refractivity contribution < 1.29 is 14.3 Å². The van der Waals surface area contributed by atoms with Crippen LogP contribution in [0, 0.1) is 0 Å². The monoisotopic (exact) mass is 505 g/mol. The van der Waals surface area contributed by atoms with Crippen molar-refractivity contribution in [1.82, 2.24) is 0 Å². The van der Waals surface area contributed by atoms with Gasteiger partial charge in [0.15, 0.2) is 11.5 Å². The Labute approximate surface area is 193 Å². The molecule has 0 fully saturated rings. The highest BCUT2D eigenvalue weighted by Crippen LogP contribution is 2.33. The third kappa shape index (κ3) is 5.79. The van der Waals surface area contributed by atoms with Crippen LogP contribution in [0.1, 0.15) is 11.1 Å². The van der Waals surface area contributed by atoms with Crippen molar-refractivity contribution in [2.24, 2.45) is 0 Å². The summed E-state index contributed by atoms with van der Waals surface area (Å²) in [5, 5.41) is 3.42. The molecule has 0 aliphatic rings. The van der Waals surface area contributed by atoms with Gasteiger partial charge in [-0.3, -0.25) is 4.79 Å². The number of ether oxygens (including phenoxy) is 2. The summed E-state index contributed by atoms with van der Waals surface area (Å²) in [6.45, 7) is 0.357. The molecule has 0 radical (unpaired) electrons. The second-order valence-corrected chi connectivity index (χ2v) is 7.94. The average Bonchev–Trinajstić information content (AvgIpc) is 2.74. The number of nitrogens with one attached hydrogen (secondary N) is 1.